The molecule has 0 spiro atoms. The summed E-state index contributed by atoms with van der Waals surface area (Å²) < 4.78 is 15.3. The number of aromatic nitrogens is 4. The summed E-state index contributed by atoms with van der Waals surface area (Å²) in [5.74, 6) is -0.142. The Balaban J connectivity index is 1.52. The van der Waals surface area contributed by atoms with Crippen LogP contribution in [0.5, 0.6) is 0 Å². The van der Waals surface area contributed by atoms with E-state index in [2.05, 4.69) is 9.97 Å². The van der Waals surface area contributed by atoms with Gasteiger partial charge >= 0.3 is 0 Å². The van der Waals surface area contributed by atoms with E-state index < -0.39 is 0 Å². The Hall–Kier alpha value is -3.52. The molecule has 1 amide bonds. The number of hydrogen-bond donors (Lipinski definition) is 1. The van der Waals surface area contributed by atoms with E-state index in [9.17, 15) is 14.0 Å². The lowest BCUT2D eigenvalue weighted by Gasteiger charge is -2.22. The highest BCUT2D eigenvalue weighted by molar-refractivity contribution is 6.31. The van der Waals surface area contributed by atoms with Crippen LogP contribution in [0.2, 0.25) is 5.02 Å². The van der Waals surface area contributed by atoms with Gasteiger partial charge in [0.2, 0.25) is 0 Å². The largest absolute Gasteiger partial charge is 0.330 e. The van der Waals surface area contributed by atoms with E-state index in [1.165, 1.54) is 12.1 Å². The van der Waals surface area contributed by atoms with Crippen molar-refractivity contribution in [2.75, 3.05) is 6.54 Å². The third kappa shape index (κ3) is 4.58. The van der Waals surface area contributed by atoms with Crippen molar-refractivity contribution < 1.29 is 9.18 Å². The topological polar surface area (TPSA) is 83.9 Å². The molecule has 0 saturated carbocycles. The molecule has 0 atom stereocenters. The first kappa shape index (κ1) is 23.2. The molecule has 35 heavy (non-hydrogen) atoms. The van der Waals surface area contributed by atoms with Gasteiger partial charge in [-0.15, -0.1) is 0 Å². The number of nitrogens with one attached hydrogen (secondary N) is 1. The van der Waals surface area contributed by atoms with Gasteiger partial charge in [0.1, 0.15) is 11.6 Å². The van der Waals surface area contributed by atoms with Crippen molar-refractivity contribution in [2.24, 2.45) is 0 Å². The smallest absolute Gasteiger partial charge is 0.275 e. The first-order chi connectivity index (χ1) is 16.9. The van der Waals surface area contributed by atoms with Crippen molar-refractivity contribution in [3.63, 3.8) is 0 Å². The van der Waals surface area contributed by atoms with Crippen molar-refractivity contribution >= 4 is 28.4 Å². The number of carbonyl (C=O) groups is 1. The van der Waals surface area contributed by atoms with E-state index in [1.54, 1.807) is 39.9 Å². The van der Waals surface area contributed by atoms with Crippen molar-refractivity contribution in [1.29, 1.82) is 0 Å². The predicted molar refractivity (Wildman–Crippen MR) is 133 cm³/mol. The maximum Gasteiger partial charge on any atom is 0.275 e. The Morgan fingerprint density at radius 3 is 2.71 bits per heavy atom. The number of H-pyrrole nitrogens is 1. The van der Waals surface area contributed by atoms with Gasteiger partial charge in [0.15, 0.2) is 5.69 Å². The van der Waals surface area contributed by atoms with Gasteiger partial charge in [0.25, 0.3) is 11.5 Å². The number of benzene rings is 2. The minimum Gasteiger partial charge on any atom is -0.330 e. The highest BCUT2D eigenvalue weighted by Gasteiger charge is 2.29. The van der Waals surface area contributed by atoms with Crippen LogP contribution in [0.3, 0.4) is 0 Å². The van der Waals surface area contributed by atoms with Crippen LogP contribution in [0.1, 0.15) is 53.8 Å². The second-order valence-electron chi connectivity index (χ2n) is 8.77. The maximum absolute atomic E-state index is 13.8. The van der Waals surface area contributed by atoms with Gasteiger partial charge in [-0.3, -0.25) is 9.59 Å². The summed E-state index contributed by atoms with van der Waals surface area (Å²) >= 11 is 6.09. The Morgan fingerprint density at radius 2 is 1.94 bits per heavy atom. The molecule has 4 aromatic rings. The number of carbonyl (C=O) groups excluding carboxylic acids is 1. The third-order valence-corrected chi connectivity index (χ3v) is 6.53. The van der Waals surface area contributed by atoms with Gasteiger partial charge in [-0.05, 0) is 74.6 Å². The second-order valence-corrected chi connectivity index (χ2v) is 9.21. The molecule has 7 nitrogen and oxygen atoms in total. The molecular formula is C26H25ClFN5O2. The zero-order valence-electron chi connectivity index (χ0n) is 19.4. The van der Waals surface area contributed by atoms with Gasteiger partial charge in [-0.1, -0.05) is 18.5 Å². The third-order valence-electron chi connectivity index (χ3n) is 6.29. The molecule has 2 aromatic carbocycles. The second kappa shape index (κ2) is 9.62. The molecule has 9 heteroatoms. The monoisotopic (exact) mass is 493 g/mol. The van der Waals surface area contributed by atoms with Gasteiger partial charge in [0, 0.05) is 22.8 Å². The molecule has 2 aromatic heterocycles. The van der Waals surface area contributed by atoms with Crippen LogP contribution in [0.4, 0.5) is 4.39 Å². The number of amides is 1. The Morgan fingerprint density at radius 1 is 1.17 bits per heavy atom. The molecule has 0 saturated heterocycles. The van der Waals surface area contributed by atoms with E-state index in [1.807, 2.05) is 6.92 Å². The first-order valence-corrected chi connectivity index (χ1v) is 12.2. The zero-order valence-corrected chi connectivity index (χ0v) is 20.1. The van der Waals surface area contributed by atoms with Crippen LogP contribution in [0, 0.1) is 5.82 Å². The van der Waals surface area contributed by atoms with Crippen molar-refractivity contribution in [3.05, 3.63) is 86.4 Å². The van der Waals surface area contributed by atoms with Crippen LogP contribution < -0.4 is 5.56 Å². The molecule has 5 rings (SSSR count). The Kier molecular flexibility index (Phi) is 6.38. The number of rotatable bonds is 6. The predicted octanol–water partition coefficient (Wildman–Crippen LogP) is 4.83. The SMILES string of the molecule is CCCN(Cc1nc2cc(Cl)ccc2c(=O)[nH]1)C(=O)c1nn(-c2ccc(F)cc2)c2c1CCCC2. The maximum atomic E-state index is 13.8. The number of halogens is 2. The Labute approximate surface area is 206 Å². The number of nitrogens with zero attached hydrogens (tertiary/aromatic N) is 4. The summed E-state index contributed by atoms with van der Waals surface area (Å²) in [5, 5.41) is 5.64. The molecule has 1 aliphatic carbocycles. The fourth-order valence-corrected chi connectivity index (χ4v) is 4.82. The molecule has 1 N–H and O–H groups in total. The highest BCUT2D eigenvalue weighted by atomic mass is 35.5. The lowest BCUT2D eigenvalue weighted by Crippen LogP contribution is -2.33. The molecule has 0 aliphatic heterocycles. The fraction of sp³-hybridized carbons (Fsp3) is 0.308. The highest BCUT2D eigenvalue weighted by Crippen LogP contribution is 2.28. The lowest BCUT2D eigenvalue weighted by atomic mass is 9.95. The van der Waals surface area contributed by atoms with Crippen LogP contribution >= 0.6 is 11.6 Å². The summed E-state index contributed by atoms with van der Waals surface area (Å²) in [6, 6.07) is 11.1. The summed E-state index contributed by atoms with van der Waals surface area (Å²) in [6.45, 7) is 2.61. The molecule has 0 unspecified atom stereocenters. The quantitative estimate of drug-likeness (QED) is 0.417. The molecule has 2 heterocycles. The minimum absolute atomic E-state index is 0.141. The summed E-state index contributed by atoms with van der Waals surface area (Å²) in [6.07, 6.45) is 4.30. The Bertz CT molecular complexity index is 1460. The van der Waals surface area contributed by atoms with E-state index >= 15 is 0 Å². The molecular weight excluding hydrogens is 469 g/mol. The van der Waals surface area contributed by atoms with Crippen molar-refractivity contribution in [1.82, 2.24) is 24.6 Å². The van der Waals surface area contributed by atoms with Crippen LogP contribution in [-0.2, 0) is 19.4 Å². The van der Waals surface area contributed by atoms with Crippen LogP contribution in [0.15, 0.2) is 47.3 Å². The molecule has 0 fully saturated rings. The first-order valence-electron chi connectivity index (χ1n) is 11.8. The fourth-order valence-electron chi connectivity index (χ4n) is 4.66. The minimum atomic E-state index is -0.321. The molecule has 0 bridgehead atoms. The van der Waals surface area contributed by atoms with Crippen LogP contribution in [0.25, 0.3) is 16.6 Å². The summed E-state index contributed by atoms with van der Waals surface area (Å²) in [7, 11) is 0. The van der Waals surface area contributed by atoms with Gasteiger partial charge < -0.3 is 9.88 Å². The average molecular weight is 494 g/mol. The standard InChI is InChI=1S/C26H25ClFN5O2/c1-2-13-32(15-23-29-21-14-16(27)7-12-19(21)25(34)30-23)26(35)24-20-5-3-4-6-22(20)33(31-24)18-10-8-17(28)9-11-18/h7-12,14H,2-6,13,15H2,1H3,(H,29,30,34). The van der Waals surface area contributed by atoms with E-state index in [0.717, 1.165) is 49.0 Å². The molecule has 180 valence electrons. The summed E-state index contributed by atoms with van der Waals surface area (Å²) in [5.41, 5.74) is 3.28. The van der Waals surface area contributed by atoms with Crippen molar-refractivity contribution in [3.8, 4) is 5.69 Å². The van der Waals surface area contributed by atoms with Gasteiger partial charge in [0.05, 0.1) is 23.1 Å². The normalized spacial score (nSPS) is 13.1. The zero-order chi connectivity index (χ0) is 24.5. The van der Waals surface area contributed by atoms with Gasteiger partial charge in [-0.25, -0.2) is 14.1 Å². The molecule has 1 aliphatic rings. The average Bonchev–Trinajstić information content (AvgIpc) is 3.23. The van der Waals surface area contributed by atoms with E-state index in [4.69, 9.17) is 16.7 Å². The number of aromatic amines is 1. The van der Waals surface area contributed by atoms with E-state index in [-0.39, 0.29) is 23.8 Å². The number of fused-ring (bicyclic) bond motifs is 2. The molecule has 0 radical (unpaired) electrons. The van der Waals surface area contributed by atoms with E-state index in [0.29, 0.717) is 34.0 Å². The lowest BCUT2D eigenvalue weighted by molar-refractivity contribution is 0.0731. The number of hydrogen-bond acceptors (Lipinski definition) is 4. The van der Waals surface area contributed by atoms with Gasteiger partial charge in [-0.2, -0.15) is 5.10 Å². The van der Waals surface area contributed by atoms with Crippen molar-refractivity contribution in [2.45, 2.75) is 45.6 Å². The summed E-state index contributed by atoms with van der Waals surface area (Å²) in [4.78, 5) is 35.4. The van der Waals surface area contributed by atoms with Crippen LogP contribution in [-0.4, -0.2) is 37.1 Å².